The van der Waals surface area contributed by atoms with E-state index in [0.29, 0.717) is 4.47 Å². The number of nitro benzene ring substituents is 1. The van der Waals surface area contributed by atoms with E-state index in [2.05, 4.69) is 21.2 Å². The van der Waals surface area contributed by atoms with Crippen molar-refractivity contribution in [3.05, 3.63) is 38.5 Å². The van der Waals surface area contributed by atoms with Gasteiger partial charge in [-0.25, -0.2) is 0 Å². The zero-order chi connectivity index (χ0) is 17.1. The molecule has 10 heteroatoms. The maximum atomic E-state index is 12.1. The zero-order valence-corrected chi connectivity index (χ0v) is 13.5. The number of amides is 2. The van der Waals surface area contributed by atoms with Gasteiger partial charge in [-0.05, 0) is 22.0 Å². The first-order valence-corrected chi connectivity index (χ1v) is 7.15. The third-order valence-corrected chi connectivity index (χ3v) is 3.69. The number of benzene rings is 1. The zero-order valence-electron chi connectivity index (χ0n) is 11.9. The largest absolute Gasteiger partial charge is 0.496 e. The number of halogens is 1. The lowest BCUT2D eigenvalue weighted by Gasteiger charge is -2.14. The highest BCUT2D eigenvalue weighted by molar-refractivity contribution is 9.10. The molecular weight excluding hydrogens is 374 g/mol. The fourth-order valence-electron chi connectivity index (χ4n) is 2.00. The standard InChI is InChI=1S/C13H12BrN3O6/c1-23-7-4-8(14)12(10(5-7)17(21)22)15-9-6-11(19)16(2-3-18)13(9)20/h4-6,15,18H,2-3H2,1H3. The number of nitrogens with one attached hydrogen (secondary N) is 1. The highest BCUT2D eigenvalue weighted by atomic mass is 79.9. The molecule has 0 spiro atoms. The number of hydrogen-bond acceptors (Lipinski definition) is 7. The highest BCUT2D eigenvalue weighted by Crippen LogP contribution is 2.38. The molecule has 0 bridgehead atoms. The normalized spacial score (nSPS) is 14.0. The summed E-state index contributed by atoms with van der Waals surface area (Å²) in [5.41, 5.74) is -0.413. The van der Waals surface area contributed by atoms with Crippen LogP contribution in [0.15, 0.2) is 28.4 Å². The molecule has 1 heterocycles. The summed E-state index contributed by atoms with van der Waals surface area (Å²) in [4.78, 5) is 35.2. The summed E-state index contributed by atoms with van der Waals surface area (Å²) in [6.07, 6.45) is 1.03. The summed E-state index contributed by atoms with van der Waals surface area (Å²) >= 11 is 3.17. The Balaban J connectivity index is 2.37. The third-order valence-electron chi connectivity index (χ3n) is 3.07. The fourth-order valence-corrected chi connectivity index (χ4v) is 2.53. The van der Waals surface area contributed by atoms with Crippen molar-refractivity contribution >= 4 is 39.1 Å². The molecule has 0 fully saturated rings. The minimum absolute atomic E-state index is 0.0223. The quantitative estimate of drug-likeness (QED) is 0.425. The Kier molecular flexibility index (Phi) is 4.96. The molecule has 23 heavy (non-hydrogen) atoms. The van der Waals surface area contributed by atoms with Crippen LogP contribution in [-0.2, 0) is 9.59 Å². The molecule has 0 unspecified atom stereocenters. The molecule has 2 N–H and O–H groups in total. The van der Waals surface area contributed by atoms with Crippen molar-refractivity contribution in [1.29, 1.82) is 0 Å². The Labute approximate surface area is 138 Å². The monoisotopic (exact) mass is 385 g/mol. The lowest BCUT2D eigenvalue weighted by Crippen LogP contribution is -2.34. The molecule has 1 aromatic carbocycles. The Morgan fingerprint density at radius 2 is 2.13 bits per heavy atom. The number of anilines is 1. The lowest BCUT2D eigenvalue weighted by molar-refractivity contribution is -0.384. The van der Waals surface area contributed by atoms with Gasteiger partial charge in [0.25, 0.3) is 17.5 Å². The topological polar surface area (TPSA) is 122 Å². The first kappa shape index (κ1) is 16.9. The summed E-state index contributed by atoms with van der Waals surface area (Å²) in [5, 5.41) is 22.7. The van der Waals surface area contributed by atoms with Crippen LogP contribution >= 0.6 is 15.9 Å². The average molecular weight is 386 g/mol. The van der Waals surface area contributed by atoms with E-state index in [-0.39, 0.29) is 36.0 Å². The van der Waals surface area contributed by atoms with Crippen LogP contribution in [0.25, 0.3) is 0 Å². The molecule has 122 valence electrons. The van der Waals surface area contributed by atoms with Crippen LogP contribution < -0.4 is 10.1 Å². The smallest absolute Gasteiger partial charge is 0.297 e. The fraction of sp³-hybridized carbons (Fsp3) is 0.231. The van der Waals surface area contributed by atoms with Crippen molar-refractivity contribution in [1.82, 2.24) is 4.90 Å². The second kappa shape index (κ2) is 6.75. The number of rotatable bonds is 6. The van der Waals surface area contributed by atoms with Gasteiger partial charge in [-0.2, -0.15) is 0 Å². The number of β-amino-alcohol motifs (C(OH)–C–C–N with tert-alkyl or cyclic N) is 1. The number of nitro groups is 1. The van der Waals surface area contributed by atoms with E-state index < -0.39 is 16.7 Å². The van der Waals surface area contributed by atoms with Crippen molar-refractivity contribution in [2.24, 2.45) is 0 Å². The van der Waals surface area contributed by atoms with Crippen LogP contribution in [0.5, 0.6) is 5.75 Å². The van der Waals surface area contributed by atoms with Crippen molar-refractivity contribution in [2.75, 3.05) is 25.6 Å². The molecule has 0 aliphatic carbocycles. The van der Waals surface area contributed by atoms with Gasteiger partial charge in [0.2, 0.25) is 0 Å². The van der Waals surface area contributed by atoms with E-state index in [9.17, 15) is 19.7 Å². The number of hydrogen-bond donors (Lipinski definition) is 2. The number of aliphatic hydroxyl groups is 1. The number of ether oxygens (including phenoxy) is 1. The van der Waals surface area contributed by atoms with Gasteiger partial charge in [-0.15, -0.1) is 0 Å². The minimum atomic E-state index is -0.666. The van der Waals surface area contributed by atoms with Gasteiger partial charge >= 0.3 is 0 Å². The van der Waals surface area contributed by atoms with Crippen LogP contribution in [0.3, 0.4) is 0 Å². The van der Waals surface area contributed by atoms with Crippen LogP contribution in [0.1, 0.15) is 0 Å². The van der Waals surface area contributed by atoms with Crippen LogP contribution in [-0.4, -0.2) is 47.0 Å². The Bertz CT molecular complexity index is 718. The number of carbonyl (C=O) groups excluding carboxylic acids is 2. The van der Waals surface area contributed by atoms with Crippen LogP contribution in [0, 0.1) is 10.1 Å². The summed E-state index contributed by atoms with van der Waals surface area (Å²) in [6, 6.07) is 2.68. The molecule has 0 aromatic heterocycles. The molecule has 1 aliphatic rings. The van der Waals surface area contributed by atoms with E-state index in [1.165, 1.54) is 19.2 Å². The second-order valence-corrected chi connectivity index (χ2v) is 5.32. The molecule has 1 aromatic rings. The van der Waals surface area contributed by atoms with Crippen molar-refractivity contribution < 1.29 is 24.4 Å². The molecule has 2 rings (SSSR count). The van der Waals surface area contributed by atoms with Gasteiger partial charge in [0.15, 0.2) is 0 Å². The average Bonchev–Trinajstić information content (AvgIpc) is 2.76. The minimum Gasteiger partial charge on any atom is -0.496 e. The molecule has 1 aliphatic heterocycles. The first-order valence-electron chi connectivity index (χ1n) is 6.36. The number of nitrogens with zero attached hydrogens (tertiary/aromatic N) is 2. The van der Waals surface area contributed by atoms with Gasteiger partial charge in [-0.1, -0.05) is 0 Å². The second-order valence-electron chi connectivity index (χ2n) is 4.46. The van der Waals surface area contributed by atoms with Crippen molar-refractivity contribution in [2.45, 2.75) is 0 Å². The maximum Gasteiger partial charge on any atom is 0.297 e. The Morgan fingerprint density at radius 1 is 1.43 bits per heavy atom. The number of aliphatic hydroxyl groups excluding tert-OH is 1. The first-order chi connectivity index (χ1) is 10.9. The van der Waals surface area contributed by atoms with E-state index >= 15 is 0 Å². The maximum absolute atomic E-state index is 12.1. The lowest BCUT2D eigenvalue weighted by atomic mass is 10.2. The van der Waals surface area contributed by atoms with Gasteiger partial charge < -0.3 is 15.2 Å². The third kappa shape index (κ3) is 3.32. The summed E-state index contributed by atoms with van der Waals surface area (Å²) in [7, 11) is 1.37. The molecule has 0 saturated carbocycles. The van der Waals surface area contributed by atoms with E-state index in [1.54, 1.807) is 0 Å². The molecule has 9 nitrogen and oxygen atoms in total. The van der Waals surface area contributed by atoms with Gasteiger partial charge in [0.05, 0.1) is 35.7 Å². The predicted molar refractivity (Wildman–Crippen MR) is 82.9 cm³/mol. The molecule has 0 atom stereocenters. The van der Waals surface area contributed by atoms with E-state index in [4.69, 9.17) is 9.84 Å². The van der Waals surface area contributed by atoms with Crippen LogP contribution in [0.2, 0.25) is 0 Å². The molecule has 2 amide bonds. The highest BCUT2D eigenvalue weighted by Gasteiger charge is 2.32. The summed E-state index contributed by atoms with van der Waals surface area (Å²) in [6.45, 7) is -0.518. The molecule has 0 radical (unpaired) electrons. The van der Waals surface area contributed by atoms with Gasteiger partial charge in [-0.3, -0.25) is 24.6 Å². The Morgan fingerprint density at radius 3 is 2.70 bits per heavy atom. The number of imide groups is 1. The van der Waals surface area contributed by atoms with Crippen LogP contribution in [0.4, 0.5) is 11.4 Å². The number of methoxy groups -OCH3 is 1. The molecular formula is C13H12BrN3O6. The van der Waals surface area contributed by atoms with E-state index in [0.717, 1.165) is 11.0 Å². The molecule has 0 saturated heterocycles. The van der Waals surface area contributed by atoms with E-state index in [1.807, 2.05) is 0 Å². The van der Waals surface area contributed by atoms with Gasteiger partial charge in [0, 0.05) is 6.08 Å². The van der Waals surface area contributed by atoms with Crippen molar-refractivity contribution in [3.8, 4) is 5.75 Å². The number of carbonyl (C=O) groups is 2. The summed E-state index contributed by atoms with van der Waals surface area (Å²) < 4.78 is 5.26. The Hall–Kier alpha value is -2.46. The van der Waals surface area contributed by atoms with Crippen molar-refractivity contribution in [3.63, 3.8) is 0 Å². The predicted octanol–water partition coefficient (Wildman–Crippen LogP) is 1.02. The SMILES string of the molecule is COc1cc(Br)c(NC2=CC(=O)N(CCO)C2=O)c([N+](=O)[O-])c1. The summed E-state index contributed by atoms with van der Waals surface area (Å²) in [5.74, 6) is -1.00. The van der Waals surface area contributed by atoms with Gasteiger partial charge in [0.1, 0.15) is 17.1 Å².